The molecule has 0 fully saturated rings. The largest absolute Gasteiger partial charge is 0.490 e. The molecular formula is C27H29BrN4O3S. The average molecular weight is 570 g/mol. The molecule has 2 aliphatic heterocycles. The van der Waals surface area contributed by atoms with Crippen LogP contribution < -0.4 is 9.47 Å². The summed E-state index contributed by atoms with van der Waals surface area (Å²) in [6.07, 6.45) is 1.63. The number of thioether (sulfide) groups is 1. The Labute approximate surface area is 224 Å². The first-order chi connectivity index (χ1) is 17.0. The standard InChI is InChI=1S/C27H29BrN4O3S/c1-16(2)25-31-32-23(29)21(24(33)30-26(32)36-25)15-17-14-19(28)8-11-22(17)35-13-12-34-20-9-6-18(7-10-20)27(3,4)5/h6-11,14-16,29H,12-13H2,1-5H3/b21-15-,29-23?. The quantitative estimate of drug-likeness (QED) is 0.305. The monoisotopic (exact) mass is 568 g/mol. The Hall–Kier alpha value is -2.91. The summed E-state index contributed by atoms with van der Waals surface area (Å²) in [6, 6.07) is 13.6. The van der Waals surface area contributed by atoms with Crippen LogP contribution in [0.4, 0.5) is 0 Å². The number of aliphatic imine (C=N–C) groups is 1. The normalized spacial score (nSPS) is 16.9. The average Bonchev–Trinajstić information content (AvgIpc) is 3.25. The van der Waals surface area contributed by atoms with Gasteiger partial charge in [0.15, 0.2) is 5.84 Å². The number of hydrogen-bond donors (Lipinski definition) is 1. The van der Waals surface area contributed by atoms with Gasteiger partial charge < -0.3 is 9.47 Å². The molecule has 0 saturated heterocycles. The van der Waals surface area contributed by atoms with Gasteiger partial charge in [-0.15, -0.1) is 0 Å². The summed E-state index contributed by atoms with van der Waals surface area (Å²) in [4.78, 5) is 16.9. The van der Waals surface area contributed by atoms with Gasteiger partial charge in [0.1, 0.15) is 29.8 Å². The first kappa shape index (κ1) is 26.2. The van der Waals surface area contributed by atoms with Crippen LogP contribution >= 0.6 is 27.7 Å². The molecule has 2 aromatic rings. The maximum absolute atomic E-state index is 12.8. The second-order valence-corrected chi connectivity index (χ2v) is 11.7. The Bertz CT molecular complexity index is 1280. The topological polar surface area (TPSA) is 87.3 Å². The van der Waals surface area contributed by atoms with E-state index in [0.29, 0.717) is 29.7 Å². The number of halogens is 1. The second kappa shape index (κ2) is 10.6. The van der Waals surface area contributed by atoms with E-state index in [0.717, 1.165) is 15.3 Å². The number of ether oxygens (including phenoxy) is 2. The van der Waals surface area contributed by atoms with Crippen molar-refractivity contribution in [2.75, 3.05) is 13.2 Å². The van der Waals surface area contributed by atoms with Crippen molar-refractivity contribution in [3.63, 3.8) is 0 Å². The highest BCUT2D eigenvalue weighted by atomic mass is 79.9. The number of amidine groups is 2. The minimum Gasteiger partial charge on any atom is -0.490 e. The number of hydrogen-bond acceptors (Lipinski definition) is 6. The Balaban J connectivity index is 1.46. The van der Waals surface area contributed by atoms with Crippen molar-refractivity contribution in [1.29, 1.82) is 5.41 Å². The van der Waals surface area contributed by atoms with Gasteiger partial charge in [-0.2, -0.15) is 15.1 Å². The van der Waals surface area contributed by atoms with E-state index in [9.17, 15) is 4.79 Å². The molecule has 0 unspecified atom stereocenters. The molecule has 1 N–H and O–H groups in total. The molecule has 0 atom stereocenters. The van der Waals surface area contributed by atoms with E-state index in [2.05, 4.69) is 58.9 Å². The number of nitrogens with one attached hydrogen (secondary N) is 1. The van der Waals surface area contributed by atoms with Gasteiger partial charge in [0.05, 0.1) is 5.57 Å². The summed E-state index contributed by atoms with van der Waals surface area (Å²) in [5.41, 5.74) is 2.15. The fraction of sp³-hybridized carbons (Fsp3) is 0.333. The third-order valence-electron chi connectivity index (χ3n) is 5.57. The lowest BCUT2D eigenvalue weighted by Crippen LogP contribution is -2.35. The van der Waals surface area contributed by atoms with Gasteiger partial charge in [0.25, 0.3) is 5.91 Å². The maximum Gasteiger partial charge on any atom is 0.283 e. The van der Waals surface area contributed by atoms with E-state index in [1.165, 1.54) is 22.3 Å². The molecule has 9 heteroatoms. The van der Waals surface area contributed by atoms with Crippen LogP contribution in [0.3, 0.4) is 0 Å². The zero-order valence-electron chi connectivity index (χ0n) is 21.0. The minimum atomic E-state index is -0.466. The molecule has 36 heavy (non-hydrogen) atoms. The Kier molecular flexibility index (Phi) is 7.70. The van der Waals surface area contributed by atoms with Crippen molar-refractivity contribution < 1.29 is 14.3 Å². The van der Waals surface area contributed by atoms with Gasteiger partial charge in [-0.3, -0.25) is 10.2 Å². The number of benzene rings is 2. The molecule has 0 aliphatic carbocycles. The van der Waals surface area contributed by atoms with E-state index in [1.807, 2.05) is 44.2 Å². The van der Waals surface area contributed by atoms with Crippen LogP contribution in [0.25, 0.3) is 6.08 Å². The molecule has 188 valence electrons. The molecule has 2 heterocycles. The van der Waals surface area contributed by atoms with Crippen LogP contribution in [0, 0.1) is 11.3 Å². The van der Waals surface area contributed by atoms with Crippen LogP contribution in [0.1, 0.15) is 45.7 Å². The fourth-order valence-corrected chi connectivity index (χ4v) is 4.79. The first-order valence-electron chi connectivity index (χ1n) is 11.7. The second-order valence-electron chi connectivity index (χ2n) is 9.77. The van der Waals surface area contributed by atoms with E-state index in [1.54, 1.807) is 6.08 Å². The van der Waals surface area contributed by atoms with Crippen molar-refractivity contribution in [3.8, 4) is 11.5 Å². The van der Waals surface area contributed by atoms with Crippen molar-refractivity contribution in [2.24, 2.45) is 16.0 Å². The highest BCUT2D eigenvalue weighted by molar-refractivity contribution is 9.10. The summed E-state index contributed by atoms with van der Waals surface area (Å²) in [5.74, 6) is 1.08. The van der Waals surface area contributed by atoms with Gasteiger partial charge in [0, 0.05) is 16.0 Å². The Morgan fingerprint density at radius 1 is 1.11 bits per heavy atom. The maximum atomic E-state index is 12.8. The fourth-order valence-electron chi connectivity index (χ4n) is 3.52. The van der Waals surface area contributed by atoms with E-state index >= 15 is 0 Å². The molecule has 4 rings (SSSR count). The summed E-state index contributed by atoms with van der Waals surface area (Å²) < 4.78 is 12.7. The van der Waals surface area contributed by atoms with Crippen molar-refractivity contribution in [2.45, 2.75) is 40.0 Å². The molecular weight excluding hydrogens is 540 g/mol. The van der Waals surface area contributed by atoms with Gasteiger partial charge in [-0.1, -0.05) is 62.7 Å². The molecule has 2 aliphatic rings. The predicted molar refractivity (Wildman–Crippen MR) is 150 cm³/mol. The van der Waals surface area contributed by atoms with Crippen LogP contribution in [-0.4, -0.2) is 40.2 Å². The summed E-state index contributed by atoms with van der Waals surface area (Å²) in [5, 5.41) is 15.7. The van der Waals surface area contributed by atoms with Crippen LogP contribution in [0.15, 0.2) is 62.6 Å². The van der Waals surface area contributed by atoms with Crippen LogP contribution in [-0.2, 0) is 10.2 Å². The molecule has 0 spiro atoms. The summed E-state index contributed by atoms with van der Waals surface area (Å²) in [7, 11) is 0. The lowest BCUT2D eigenvalue weighted by molar-refractivity contribution is -0.114. The number of amides is 1. The van der Waals surface area contributed by atoms with Crippen LogP contribution in [0.2, 0.25) is 0 Å². The molecule has 2 aromatic carbocycles. The molecule has 0 bridgehead atoms. The lowest BCUT2D eigenvalue weighted by atomic mass is 9.87. The van der Waals surface area contributed by atoms with Crippen molar-refractivity contribution in [1.82, 2.24) is 5.01 Å². The number of carbonyl (C=O) groups is 1. The third-order valence-corrected chi connectivity index (χ3v) is 7.27. The number of carbonyl (C=O) groups excluding carboxylic acids is 1. The number of rotatable bonds is 7. The Morgan fingerprint density at radius 2 is 1.81 bits per heavy atom. The smallest absolute Gasteiger partial charge is 0.283 e. The molecule has 0 radical (unpaired) electrons. The number of fused-ring (bicyclic) bond motifs is 1. The molecule has 0 aromatic heterocycles. The third kappa shape index (κ3) is 5.90. The minimum absolute atomic E-state index is 0.00103. The zero-order valence-corrected chi connectivity index (χ0v) is 23.4. The van der Waals surface area contributed by atoms with E-state index in [-0.39, 0.29) is 22.7 Å². The summed E-state index contributed by atoms with van der Waals surface area (Å²) in [6.45, 7) is 11.2. The summed E-state index contributed by atoms with van der Waals surface area (Å²) >= 11 is 4.81. The Morgan fingerprint density at radius 3 is 2.47 bits per heavy atom. The molecule has 1 amide bonds. The van der Waals surface area contributed by atoms with Crippen molar-refractivity contribution >= 4 is 55.7 Å². The number of nitrogens with zero attached hydrogens (tertiary/aromatic N) is 3. The van der Waals surface area contributed by atoms with Gasteiger partial charge in [0.2, 0.25) is 5.17 Å². The predicted octanol–water partition coefficient (Wildman–Crippen LogP) is 6.48. The zero-order chi connectivity index (χ0) is 26.0. The highest BCUT2D eigenvalue weighted by Crippen LogP contribution is 2.32. The van der Waals surface area contributed by atoms with Gasteiger partial charge >= 0.3 is 0 Å². The van der Waals surface area contributed by atoms with Gasteiger partial charge in [-0.05, 0) is 59.1 Å². The van der Waals surface area contributed by atoms with E-state index < -0.39 is 5.91 Å². The highest BCUT2D eigenvalue weighted by Gasteiger charge is 2.36. The number of hydrazone groups is 1. The molecule has 7 nitrogen and oxygen atoms in total. The first-order valence-corrected chi connectivity index (χ1v) is 13.3. The lowest BCUT2D eigenvalue weighted by Gasteiger charge is -2.20. The van der Waals surface area contributed by atoms with Gasteiger partial charge in [-0.25, -0.2) is 0 Å². The van der Waals surface area contributed by atoms with E-state index in [4.69, 9.17) is 14.9 Å². The SMILES string of the molecule is CC(C)C1=NN2C(=N)/C(=C/c3cc(Br)ccc3OCCOc3ccc(C(C)(C)C)cc3)C(=O)N=C2S1. The molecule has 0 saturated carbocycles. The van der Waals surface area contributed by atoms with Crippen LogP contribution in [0.5, 0.6) is 11.5 Å². The van der Waals surface area contributed by atoms with Crippen molar-refractivity contribution in [3.05, 3.63) is 63.6 Å².